The lowest BCUT2D eigenvalue weighted by molar-refractivity contribution is 0.627. The van der Waals surface area contributed by atoms with E-state index < -0.39 is 0 Å². The minimum atomic E-state index is -0.241. The van der Waals surface area contributed by atoms with Gasteiger partial charge in [-0.3, -0.25) is 0 Å². The molecule has 0 amide bonds. The van der Waals surface area contributed by atoms with Gasteiger partial charge in [0.1, 0.15) is 5.82 Å². The summed E-state index contributed by atoms with van der Waals surface area (Å²) in [6.45, 7) is 0. The van der Waals surface area contributed by atoms with Gasteiger partial charge >= 0.3 is 0 Å². The van der Waals surface area contributed by atoms with Gasteiger partial charge in [0, 0.05) is 5.38 Å². The molecule has 0 spiro atoms. The van der Waals surface area contributed by atoms with Crippen molar-refractivity contribution in [2.24, 2.45) is 0 Å². The van der Waals surface area contributed by atoms with Crippen molar-refractivity contribution >= 4 is 28.6 Å². The minimum absolute atomic E-state index is 0.241. The highest BCUT2D eigenvalue weighted by molar-refractivity contribution is 7.13. The summed E-state index contributed by atoms with van der Waals surface area (Å²) in [5.74, 6) is -0.241. The summed E-state index contributed by atoms with van der Waals surface area (Å²) in [6, 6.07) is 6.38. The van der Waals surface area contributed by atoms with Gasteiger partial charge in [0.15, 0.2) is 5.13 Å². The van der Waals surface area contributed by atoms with Crippen molar-refractivity contribution in [2.45, 2.75) is 0 Å². The molecule has 15 heavy (non-hydrogen) atoms. The lowest BCUT2D eigenvalue weighted by atomic mass is 10.2. The molecule has 76 valence electrons. The van der Waals surface area contributed by atoms with Gasteiger partial charge < -0.3 is 5.73 Å². The number of thiazole rings is 1. The number of hydrogen-bond acceptors (Lipinski definition) is 3. The number of aromatic nitrogens is 1. The molecular weight excluding hydrogens is 211 g/mol. The number of anilines is 1. The molecule has 2 nitrogen and oxygen atoms in total. The Labute approximate surface area is 90.9 Å². The van der Waals surface area contributed by atoms with E-state index in [1.165, 1.54) is 23.5 Å². The Balaban J connectivity index is 2.18. The highest BCUT2D eigenvalue weighted by atomic mass is 32.1. The summed E-state index contributed by atoms with van der Waals surface area (Å²) in [7, 11) is 0. The minimum Gasteiger partial charge on any atom is -0.375 e. The third-order valence-corrected chi connectivity index (χ3v) is 2.53. The van der Waals surface area contributed by atoms with Crippen LogP contribution in [0.2, 0.25) is 0 Å². The number of nitrogen functional groups attached to an aromatic ring is 1. The molecule has 4 heteroatoms. The van der Waals surface area contributed by atoms with Gasteiger partial charge in [0.25, 0.3) is 0 Å². The average Bonchev–Trinajstić information content (AvgIpc) is 2.62. The first-order valence-electron chi connectivity index (χ1n) is 4.39. The molecule has 1 aromatic carbocycles. The second kappa shape index (κ2) is 4.23. The van der Waals surface area contributed by atoms with Gasteiger partial charge in [-0.1, -0.05) is 18.2 Å². The molecule has 2 aromatic rings. The van der Waals surface area contributed by atoms with E-state index in [0.29, 0.717) is 5.13 Å². The van der Waals surface area contributed by atoms with E-state index in [9.17, 15) is 4.39 Å². The summed E-state index contributed by atoms with van der Waals surface area (Å²) < 4.78 is 12.8. The van der Waals surface area contributed by atoms with Gasteiger partial charge in [-0.2, -0.15) is 0 Å². The zero-order chi connectivity index (χ0) is 10.7. The zero-order valence-corrected chi connectivity index (χ0v) is 8.67. The summed E-state index contributed by atoms with van der Waals surface area (Å²) in [4.78, 5) is 4.06. The molecule has 1 aromatic heterocycles. The lowest BCUT2D eigenvalue weighted by Gasteiger charge is -1.91. The van der Waals surface area contributed by atoms with Crippen LogP contribution in [0.3, 0.4) is 0 Å². The van der Waals surface area contributed by atoms with Crippen molar-refractivity contribution in [2.75, 3.05) is 5.73 Å². The Morgan fingerprint density at radius 3 is 2.87 bits per heavy atom. The van der Waals surface area contributed by atoms with Crippen molar-refractivity contribution in [1.29, 1.82) is 0 Å². The normalized spacial score (nSPS) is 11.0. The van der Waals surface area contributed by atoms with E-state index >= 15 is 0 Å². The largest absolute Gasteiger partial charge is 0.375 e. The summed E-state index contributed by atoms with van der Waals surface area (Å²) in [6.07, 6.45) is 3.61. The summed E-state index contributed by atoms with van der Waals surface area (Å²) in [5, 5.41) is 2.39. The molecule has 2 rings (SSSR count). The maximum Gasteiger partial charge on any atom is 0.180 e. The Hall–Kier alpha value is -1.68. The number of rotatable bonds is 2. The molecule has 0 unspecified atom stereocenters. The molecule has 0 atom stereocenters. The molecule has 0 radical (unpaired) electrons. The highest BCUT2D eigenvalue weighted by Crippen LogP contribution is 2.14. The molecule has 0 aliphatic rings. The Morgan fingerprint density at radius 1 is 1.33 bits per heavy atom. The van der Waals surface area contributed by atoms with E-state index in [4.69, 9.17) is 5.73 Å². The molecule has 2 N–H and O–H groups in total. The van der Waals surface area contributed by atoms with Crippen LogP contribution in [0, 0.1) is 5.82 Å². The molecule has 0 aliphatic heterocycles. The van der Waals surface area contributed by atoms with E-state index in [1.54, 1.807) is 12.1 Å². The summed E-state index contributed by atoms with van der Waals surface area (Å²) in [5.41, 5.74) is 7.09. The van der Waals surface area contributed by atoms with Crippen LogP contribution in [-0.4, -0.2) is 4.98 Å². The zero-order valence-electron chi connectivity index (χ0n) is 7.85. The monoisotopic (exact) mass is 220 g/mol. The van der Waals surface area contributed by atoms with Gasteiger partial charge in [-0.15, -0.1) is 11.3 Å². The third kappa shape index (κ3) is 2.63. The van der Waals surface area contributed by atoms with Gasteiger partial charge in [-0.25, -0.2) is 9.37 Å². The number of benzene rings is 1. The molecule has 1 heterocycles. The summed E-state index contributed by atoms with van der Waals surface area (Å²) >= 11 is 1.38. The molecule has 0 fully saturated rings. The lowest BCUT2D eigenvalue weighted by Crippen LogP contribution is -1.81. The van der Waals surface area contributed by atoms with Crippen LogP contribution in [0.5, 0.6) is 0 Å². The van der Waals surface area contributed by atoms with Crippen LogP contribution in [-0.2, 0) is 0 Å². The Morgan fingerprint density at radius 2 is 2.20 bits per heavy atom. The number of hydrogen-bond donors (Lipinski definition) is 1. The standard InChI is InChI=1S/C11H9FN2S/c12-9-3-1-2-8(6-9)4-5-10-7-15-11(13)14-10/h1-7H,(H2,13,14)/b5-4+. The van der Waals surface area contributed by atoms with E-state index in [2.05, 4.69) is 4.98 Å². The average molecular weight is 220 g/mol. The maximum absolute atomic E-state index is 12.8. The second-order valence-electron chi connectivity index (χ2n) is 3.00. The van der Waals surface area contributed by atoms with Gasteiger partial charge in [0.05, 0.1) is 5.69 Å². The van der Waals surface area contributed by atoms with Crippen LogP contribution < -0.4 is 5.73 Å². The van der Waals surface area contributed by atoms with Gasteiger partial charge in [0.2, 0.25) is 0 Å². The van der Waals surface area contributed by atoms with E-state index in [0.717, 1.165) is 11.3 Å². The second-order valence-corrected chi connectivity index (χ2v) is 3.89. The molecule has 0 saturated heterocycles. The number of nitrogens with two attached hydrogens (primary N) is 1. The van der Waals surface area contributed by atoms with Crippen LogP contribution in [0.4, 0.5) is 9.52 Å². The first kappa shape index (κ1) is 9.86. The number of nitrogens with zero attached hydrogens (tertiary/aromatic N) is 1. The van der Waals surface area contributed by atoms with Crippen LogP contribution in [0.25, 0.3) is 12.2 Å². The first-order valence-corrected chi connectivity index (χ1v) is 5.27. The van der Waals surface area contributed by atoms with Crippen molar-refractivity contribution in [3.8, 4) is 0 Å². The smallest absolute Gasteiger partial charge is 0.180 e. The fraction of sp³-hybridized carbons (Fsp3) is 0. The predicted molar refractivity (Wildman–Crippen MR) is 61.9 cm³/mol. The van der Waals surface area contributed by atoms with Gasteiger partial charge in [-0.05, 0) is 23.8 Å². The molecular formula is C11H9FN2S. The number of halogens is 1. The molecule has 0 aliphatic carbocycles. The maximum atomic E-state index is 12.8. The Kier molecular flexibility index (Phi) is 2.78. The highest BCUT2D eigenvalue weighted by Gasteiger charge is 1.94. The molecule has 0 saturated carbocycles. The van der Waals surface area contributed by atoms with Crippen molar-refractivity contribution in [1.82, 2.24) is 4.98 Å². The quantitative estimate of drug-likeness (QED) is 0.844. The van der Waals surface area contributed by atoms with Crippen LogP contribution in [0.1, 0.15) is 11.3 Å². The topological polar surface area (TPSA) is 38.9 Å². The first-order chi connectivity index (χ1) is 7.24. The van der Waals surface area contributed by atoms with Crippen molar-refractivity contribution in [3.05, 3.63) is 46.7 Å². The van der Waals surface area contributed by atoms with Crippen LogP contribution >= 0.6 is 11.3 Å². The molecule has 0 bridgehead atoms. The fourth-order valence-electron chi connectivity index (χ4n) is 1.17. The van der Waals surface area contributed by atoms with E-state index in [1.807, 2.05) is 17.5 Å². The Bertz CT molecular complexity index is 491. The third-order valence-electron chi connectivity index (χ3n) is 1.83. The SMILES string of the molecule is Nc1nc(/C=C/c2cccc(F)c2)cs1. The fourth-order valence-corrected chi connectivity index (χ4v) is 1.70. The predicted octanol–water partition coefficient (Wildman–Crippen LogP) is 3.03. The van der Waals surface area contributed by atoms with Crippen molar-refractivity contribution < 1.29 is 4.39 Å². The van der Waals surface area contributed by atoms with Crippen LogP contribution in [0.15, 0.2) is 29.6 Å². The van der Waals surface area contributed by atoms with E-state index in [-0.39, 0.29) is 5.82 Å². The van der Waals surface area contributed by atoms with Crippen molar-refractivity contribution in [3.63, 3.8) is 0 Å².